The van der Waals surface area contributed by atoms with Crippen molar-refractivity contribution in [3.05, 3.63) is 0 Å². The van der Waals surface area contributed by atoms with Crippen molar-refractivity contribution in [3.63, 3.8) is 0 Å². The summed E-state index contributed by atoms with van der Waals surface area (Å²) in [5, 5.41) is -1.39. The van der Waals surface area contributed by atoms with E-state index in [9.17, 15) is 16.8 Å². The molecular formula is C5H12O6S2. The fraction of sp³-hybridized carbons (Fsp3) is 1.00. The molecule has 0 aliphatic rings. The second-order valence-electron chi connectivity index (χ2n) is 2.43. The van der Waals surface area contributed by atoms with Crippen LogP contribution in [-0.4, -0.2) is 33.1 Å². The van der Waals surface area contributed by atoms with E-state index in [1.165, 1.54) is 0 Å². The molecule has 0 unspecified atom stereocenters. The Morgan fingerprint density at radius 2 is 1.77 bits per heavy atom. The van der Waals surface area contributed by atoms with Crippen LogP contribution in [0, 0.1) is 0 Å². The van der Waals surface area contributed by atoms with Crippen LogP contribution in [0.5, 0.6) is 0 Å². The Hall–Kier alpha value is -0.180. The molecule has 0 aromatic heterocycles. The van der Waals surface area contributed by atoms with Gasteiger partial charge in [-0.1, -0.05) is 13.3 Å². The fourth-order valence-electron chi connectivity index (χ4n) is 0.547. The smallest absolute Gasteiger partial charge is 0.284 e. The summed E-state index contributed by atoms with van der Waals surface area (Å²) in [5.41, 5.74) is 0. The van der Waals surface area contributed by atoms with Crippen molar-refractivity contribution in [2.45, 2.75) is 19.8 Å². The lowest BCUT2D eigenvalue weighted by Crippen LogP contribution is -2.18. The Kier molecular flexibility index (Phi) is 4.82. The maximum absolute atomic E-state index is 10.8. The Bertz CT molecular complexity index is 326. The van der Waals surface area contributed by atoms with Crippen molar-refractivity contribution in [2.75, 3.05) is 11.7 Å². The van der Waals surface area contributed by atoms with Crippen LogP contribution in [0.1, 0.15) is 19.8 Å². The number of rotatable bonds is 6. The standard InChI is InChI=1S/C5H12O6S2/c1-2-3-4-11-13(9,10)5-12(6,7)8/h2-5H2,1H3,(H,6,7,8). The minimum atomic E-state index is -4.53. The zero-order valence-electron chi connectivity index (χ0n) is 7.13. The van der Waals surface area contributed by atoms with Gasteiger partial charge in [0.1, 0.15) is 0 Å². The Balaban J connectivity index is 4.12. The summed E-state index contributed by atoms with van der Waals surface area (Å²) in [6.45, 7) is 1.77. The van der Waals surface area contributed by atoms with Crippen LogP contribution < -0.4 is 0 Å². The van der Waals surface area contributed by atoms with Crippen molar-refractivity contribution in [3.8, 4) is 0 Å². The van der Waals surface area contributed by atoms with E-state index in [2.05, 4.69) is 4.18 Å². The highest BCUT2D eigenvalue weighted by atomic mass is 32.3. The zero-order chi connectivity index (χ0) is 10.5. The van der Waals surface area contributed by atoms with Crippen molar-refractivity contribution in [1.29, 1.82) is 0 Å². The summed E-state index contributed by atoms with van der Waals surface area (Å²) in [5.74, 6) is 0. The second kappa shape index (κ2) is 4.89. The first-order valence-electron chi connectivity index (χ1n) is 3.59. The number of unbranched alkanes of at least 4 members (excludes halogenated alkanes) is 1. The molecule has 0 fully saturated rings. The van der Waals surface area contributed by atoms with Crippen LogP contribution in [0.25, 0.3) is 0 Å². The van der Waals surface area contributed by atoms with E-state index in [-0.39, 0.29) is 6.61 Å². The van der Waals surface area contributed by atoms with Gasteiger partial charge in [-0.05, 0) is 6.42 Å². The highest BCUT2D eigenvalue weighted by molar-refractivity contribution is 8.03. The molecule has 0 spiro atoms. The van der Waals surface area contributed by atoms with Crippen molar-refractivity contribution >= 4 is 20.2 Å². The van der Waals surface area contributed by atoms with Gasteiger partial charge >= 0.3 is 0 Å². The average molecular weight is 232 g/mol. The van der Waals surface area contributed by atoms with E-state index < -0.39 is 25.3 Å². The molecule has 0 aliphatic heterocycles. The quantitative estimate of drug-likeness (QED) is 0.392. The van der Waals surface area contributed by atoms with Gasteiger partial charge < -0.3 is 0 Å². The van der Waals surface area contributed by atoms with Crippen LogP contribution in [0.3, 0.4) is 0 Å². The van der Waals surface area contributed by atoms with Gasteiger partial charge in [-0.3, -0.25) is 8.74 Å². The Morgan fingerprint density at radius 3 is 2.15 bits per heavy atom. The average Bonchev–Trinajstić information content (AvgIpc) is 1.81. The van der Waals surface area contributed by atoms with Gasteiger partial charge in [0.05, 0.1) is 6.61 Å². The van der Waals surface area contributed by atoms with E-state index in [4.69, 9.17) is 4.55 Å². The Labute approximate surface area is 77.8 Å². The lowest BCUT2D eigenvalue weighted by molar-refractivity contribution is 0.312. The third-order valence-corrected chi connectivity index (χ3v) is 3.93. The molecule has 1 N–H and O–H groups in total. The van der Waals surface area contributed by atoms with Gasteiger partial charge in [0, 0.05) is 0 Å². The molecule has 0 heterocycles. The summed E-state index contributed by atoms with van der Waals surface area (Å²) >= 11 is 0. The molecule has 0 aromatic carbocycles. The molecule has 6 nitrogen and oxygen atoms in total. The molecule has 0 radical (unpaired) electrons. The second-order valence-corrected chi connectivity index (χ2v) is 5.89. The molecule has 0 aliphatic carbocycles. The van der Waals surface area contributed by atoms with Crippen molar-refractivity contribution < 1.29 is 25.6 Å². The van der Waals surface area contributed by atoms with E-state index in [0.717, 1.165) is 6.42 Å². The van der Waals surface area contributed by atoms with E-state index in [1.807, 2.05) is 6.92 Å². The van der Waals surface area contributed by atoms with Crippen LogP contribution >= 0.6 is 0 Å². The summed E-state index contributed by atoms with van der Waals surface area (Å²) in [6, 6.07) is 0. The van der Waals surface area contributed by atoms with E-state index >= 15 is 0 Å². The van der Waals surface area contributed by atoms with Crippen LogP contribution in [-0.2, 0) is 24.4 Å². The number of hydrogen-bond acceptors (Lipinski definition) is 5. The lowest BCUT2D eigenvalue weighted by atomic mass is 10.4. The van der Waals surface area contributed by atoms with Crippen LogP contribution in [0.4, 0.5) is 0 Å². The molecule has 80 valence electrons. The van der Waals surface area contributed by atoms with Crippen molar-refractivity contribution in [1.82, 2.24) is 0 Å². The highest BCUT2D eigenvalue weighted by Crippen LogP contribution is 2.00. The third kappa shape index (κ3) is 8.16. The zero-order valence-corrected chi connectivity index (χ0v) is 8.77. The van der Waals surface area contributed by atoms with Crippen LogP contribution in [0.15, 0.2) is 0 Å². The molecular weight excluding hydrogens is 220 g/mol. The van der Waals surface area contributed by atoms with E-state index in [0.29, 0.717) is 6.42 Å². The minimum absolute atomic E-state index is 0.0612. The Morgan fingerprint density at radius 1 is 1.23 bits per heavy atom. The molecule has 8 heteroatoms. The molecule has 13 heavy (non-hydrogen) atoms. The molecule has 0 saturated carbocycles. The van der Waals surface area contributed by atoms with Crippen LogP contribution in [0.2, 0.25) is 0 Å². The fourth-order valence-corrected chi connectivity index (χ4v) is 2.65. The van der Waals surface area contributed by atoms with Gasteiger partial charge in [-0.25, -0.2) is 0 Å². The molecule has 0 saturated heterocycles. The van der Waals surface area contributed by atoms with Gasteiger partial charge in [0.2, 0.25) is 5.08 Å². The largest absolute Gasteiger partial charge is 0.285 e. The summed E-state index contributed by atoms with van der Waals surface area (Å²) in [6.07, 6.45) is 1.26. The molecule has 0 amide bonds. The van der Waals surface area contributed by atoms with Gasteiger partial charge in [-0.15, -0.1) is 0 Å². The number of hydrogen-bond donors (Lipinski definition) is 1. The lowest BCUT2D eigenvalue weighted by Gasteiger charge is -2.01. The topological polar surface area (TPSA) is 97.7 Å². The third-order valence-electron chi connectivity index (χ3n) is 1.05. The first kappa shape index (κ1) is 12.8. The maximum atomic E-state index is 10.8. The van der Waals surface area contributed by atoms with Gasteiger partial charge in [0.15, 0.2) is 0 Å². The molecule has 0 rings (SSSR count). The molecule has 0 atom stereocenters. The summed E-state index contributed by atoms with van der Waals surface area (Å²) in [4.78, 5) is 0. The van der Waals surface area contributed by atoms with E-state index in [1.54, 1.807) is 0 Å². The van der Waals surface area contributed by atoms with Gasteiger partial charge in [-0.2, -0.15) is 16.8 Å². The normalized spacial score (nSPS) is 13.1. The summed E-state index contributed by atoms with van der Waals surface area (Å²) < 4.78 is 54.4. The van der Waals surface area contributed by atoms with Crippen molar-refractivity contribution in [2.24, 2.45) is 0 Å². The summed E-state index contributed by atoms with van der Waals surface area (Å²) in [7, 11) is -8.68. The first-order valence-corrected chi connectivity index (χ1v) is 6.78. The molecule has 0 aromatic rings. The monoisotopic (exact) mass is 232 g/mol. The maximum Gasteiger partial charge on any atom is 0.284 e. The minimum Gasteiger partial charge on any atom is -0.285 e. The predicted molar refractivity (Wildman–Crippen MR) is 46.2 cm³/mol. The predicted octanol–water partition coefficient (Wildman–Crippen LogP) is -0.0218. The molecule has 0 bridgehead atoms. The van der Waals surface area contributed by atoms with Gasteiger partial charge in [0.25, 0.3) is 20.2 Å². The SMILES string of the molecule is CCCCOS(=O)(=O)CS(=O)(=O)O. The first-order chi connectivity index (χ1) is 5.77. The highest BCUT2D eigenvalue weighted by Gasteiger charge is 2.20.